The van der Waals surface area contributed by atoms with Crippen molar-refractivity contribution in [1.29, 1.82) is 0 Å². The van der Waals surface area contributed by atoms with Crippen molar-refractivity contribution in [1.82, 2.24) is 5.43 Å². The maximum atomic E-state index is 14.2. The van der Waals surface area contributed by atoms with Gasteiger partial charge in [-0.3, -0.25) is 19.9 Å². The number of hydrogen-bond donors (Lipinski definition) is 2. The Bertz CT molecular complexity index is 941. The molecule has 0 fully saturated rings. The predicted molar refractivity (Wildman–Crippen MR) is 93.9 cm³/mol. The van der Waals surface area contributed by atoms with E-state index >= 15 is 0 Å². The number of dihydropyridines is 1. The summed E-state index contributed by atoms with van der Waals surface area (Å²) in [5.41, 5.74) is 1.82. The molecule has 2 atom stereocenters. The maximum Gasteiger partial charge on any atom is 0.232 e. The van der Waals surface area contributed by atoms with Gasteiger partial charge in [0.05, 0.1) is 22.9 Å². The quantitative estimate of drug-likeness (QED) is 0.733. The molecule has 10 heteroatoms. The molecule has 0 aromatic heterocycles. The van der Waals surface area contributed by atoms with Gasteiger partial charge in [0.15, 0.2) is 11.6 Å². The molecular weight excluding hydrogens is 366 g/mol. The van der Waals surface area contributed by atoms with Crippen LogP contribution >= 0.6 is 0 Å². The van der Waals surface area contributed by atoms with E-state index in [1.165, 1.54) is 0 Å². The molecule has 2 aliphatic heterocycles. The molecule has 2 aliphatic rings. The zero-order valence-corrected chi connectivity index (χ0v) is 14.6. The van der Waals surface area contributed by atoms with Gasteiger partial charge in [0, 0.05) is 12.3 Å². The van der Waals surface area contributed by atoms with Gasteiger partial charge < -0.3 is 0 Å². The molecule has 0 saturated carbocycles. The second kappa shape index (κ2) is 6.94. The topological polar surface area (TPSA) is 100.0 Å². The zero-order chi connectivity index (χ0) is 18.9. The minimum absolute atomic E-state index is 0.0186. The van der Waals surface area contributed by atoms with Gasteiger partial charge in [-0.1, -0.05) is 13.0 Å². The number of aliphatic imine (C=N–C) groups is 1. The van der Waals surface area contributed by atoms with Crippen LogP contribution in [0.4, 0.5) is 14.5 Å². The molecule has 7 nitrogen and oxygen atoms in total. The van der Waals surface area contributed by atoms with Crippen LogP contribution in [0.2, 0.25) is 0 Å². The van der Waals surface area contributed by atoms with Gasteiger partial charge in [-0.05, 0) is 18.6 Å². The number of hydrogen-bond acceptors (Lipinski definition) is 6. The second-order valence-electron chi connectivity index (χ2n) is 5.85. The number of rotatable bonds is 6. The molecule has 0 radical (unpaired) electrons. The van der Waals surface area contributed by atoms with Crippen molar-refractivity contribution in [2.45, 2.75) is 19.5 Å². The van der Waals surface area contributed by atoms with Crippen molar-refractivity contribution < 1.29 is 22.0 Å². The van der Waals surface area contributed by atoms with Gasteiger partial charge in [0.2, 0.25) is 15.8 Å². The third-order valence-corrected chi connectivity index (χ3v) is 5.37. The molecule has 0 spiro atoms. The lowest BCUT2D eigenvalue weighted by Gasteiger charge is -2.15. The number of nitrogens with zero attached hydrogens (tertiary/aromatic N) is 2. The van der Waals surface area contributed by atoms with Gasteiger partial charge in [-0.2, -0.15) is 5.10 Å². The Balaban J connectivity index is 1.93. The fourth-order valence-electron chi connectivity index (χ4n) is 2.73. The van der Waals surface area contributed by atoms with E-state index in [9.17, 15) is 22.0 Å². The Kier molecular flexibility index (Phi) is 4.86. The van der Waals surface area contributed by atoms with Crippen molar-refractivity contribution >= 4 is 33.4 Å². The highest BCUT2D eigenvalue weighted by Crippen LogP contribution is 2.25. The van der Waals surface area contributed by atoms with Crippen molar-refractivity contribution in [2.75, 3.05) is 10.5 Å². The van der Waals surface area contributed by atoms with E-state index in [4.69, 9.17) is 0 Å². The molecular formula is C16H16F2N4O3S. The number of hydrazone groups is 1. The minimum Gasteiger partial charge on any atom is -0.287 e. The lowest BCUT2D eigenvalue weighted by atomic mass is 9.92. The van der Waals surface area contributed by atoms with Crippen LogP contribution in [0.25, 0.3) is 0 Å². The van der Waals surface area contributed by atoms with Crippen molar-refractivity contribution in [2.24, 2.45) is 16.0 Å². The summed E-state index contributed by atoms with van der Waals surface area (Å²) in [7, 11) is -3.72. The molecule has 2 heterocycles. The number of Topliss-reactive ketones (excluding diaryl/α,β-unsaturated/α-hetero) is 1. The Morgan fingerprint density at radius 2 is 2.12 bits per heavy atom. The molecule has 1 aromatic carbocycles. The first kappa shape index (κ1) is 18.2. The van der Waals surface area contributed by atoms with Crippen LogP contribution in [0.15, 0.2) is 34.4 Å². The average molecular weight is 382 g/mol. The average Bonchev–Trinajstić information content (AvgIpc) is 3.01. The highest BCUT2D eigenvalue weighted by molar-refractivity contribution is 7.92. The number of anilines is 1. The van der Waals surface area contributed by atoms with Crippen molar-refractivity contribution in [3.8, 4) is 0 Å². The molecule has 2 N–H and O–H groups in total. The molecule has 26 heavy (non-hydrogen) atoms. The normalized spacial score (nSPS) is 21.1. The Morgan fingerprint density at radius 1 is 1.35 bits per heavy atom. The van der Waals surface area contributed by atoms with Crippen molar-refractivity contribution in [3.05, 3.63) is 41.5 Å². The fourth-order valence-corrected chi connectivity index (χ4v) is 3.84. The zero-order valence-electron chi connectivity index (χ0n) is 13.7. The molecule has 0 saturated heterocycles. The molecule has 0 bridgehead atoms. The Hall–Kier alpha value is -2.62. The number of allylic oxidation sites excluding steroid dienone is 1. The van der Waals surface area contributed by atoms with E-state index in [-0.39, 0.29) is 17.2 Å². The number of ketones is 1. The fraction of sp³-hybridized carbons (Fsp3) is 0.312. The summed E-state index contributed by atoms with van der Waals surface area (Å²) >= 11 is 0. The van der Waals surface area contributed by atoms with Crippen LogP contribution < -0.4 is 10.1 Å². The van der Waals surface area contributed by atoms with E-state index in [1.807, 2.05) is 0 Å². The number of carbonyl (C=O) groups excluding carboxylic acids is 1. The maximum absolute atomic E-state index is 14.2. The van der Waals surface area contributed by atoms with E-state index < -0.39 is 45.1 Å². The van der Waals surface area contributed by atoms with Crippen molar-refractivity contribution in [3.63, 3.8) is 0 Å². The first-order valence-electron chi connectivity index (χ1n) is 7.89. The van der Waals surface area contributed by atoms with Gasteiger partial charge in [-0.25, -0.2) is 17.2 Å². The van der Waals surface area contributed by atoms with Crippen LogP contribution in [0.5, 0.6) is 0 Å². The first-order valence-corrected chi connectivity index (χ1v) is 9.55. The Labute approximate surface area is 148 Å². The largest absolute Gasteiger partial charge is 0.287 e. The van der Waals surface area contributed by atoms with Gasteiger partial charge in [0.1, 0.15) is 11.9 Å². The third-order valence-electron chi connectivity index (χ3n) is 3.88. The SMILES string of the molecule is CCCS(=O)(=O)Nc1cc(F)c(F)c(C(=O)C2=NNC3N=CC=CC23)c1. The summed E-state index contributed by atoms with van der Waals surface area (Å²) in [6.45, 7) is 1.67. The lowest BCUT2D eigenvalue weighted by Crippen LogP contribution is -2.31. The summed E-state index contributed by atoms with van der Waals surface area (Å²) in [5.74, 6) is -4.21. The Morgan fingerprint density at radius 3 is 2.85 bits per heavy atom. The smallest absolute Gasteiger partial charge is 0.232 e. The van der Waals surface area contributed by atoms with E-state index in [0.29, 0.717) is 12.5 Å². The number of halogens is 2. The molecule has 0 aliphatic carbocycles. The van der Waals surface area contributed by atoms with E-state index in [0.717, 1.165) is 6.07 Å². The summed E-state index contributed by atoms with van der Waals surface area (Å²) in [4.78, 5) is 16.8. The number of fused-ring (bicyclic) bond motifs is 1. The number of benzene rings is 1. The minimum atomic E-state index is -3.72. The van der Waals surface area contributed by atoms with Gasteiger partial charge in [0.25, 0.3) is 0 Å². The predicted octanol–water partition coefficient (Wildman–Crippen LogP) is 1.84. The molecule has 138 valence electrons. The highest BCUT2D eigenvalue weighted by Gasteiger charge is 2.36. The van der Waals surface area contributed by atoms with Gasteiger partial charge in [-0.15, -0.1) is 0 Å². The molecule has 3 rings (SSSR count). The summed E-state index contributed by atoms with van der Waals surface area (Å²) < 4.78 is 54.0. The number of sulfonamides is 1. The number of carbonyl (C=O) groups is 1. The number of nitrogens with one attached hydrogen (secondary N) is 2. The standard InChI is InChI=1S/C16H16F2N4O3S/c1-2-6-26(24,25)22-9-7-11(13(18)12(17)8-9)15(23)14-10-4-3-5-19-16(10)21-20-14/h3-5,7-8,10,16,21-22H,2,6H2,1H3. The molecule has 0 amide bonds. The monoisotopic (exact) mass is 382 g/mol. The van der Waals surface area contributed by atoms with E-state index in [2.05, 4.69) is 20.2 Å². The van der Waals surface area contributed by atoms with Crippen LogP contribution in [0.3, 0.4) is 0 Å². The van der Waals surface area contributed by atoms with Gasteiger partial charge >= 0.3 is 0 Å². The molecule has 1 aromatic rings. The highest BCUT2D eigenvalue weighted by atomic mass is 32.2. The van der Waals surface area contributed by atoms with Crippen LogP contribution in [0.1, 0.15) is 23.7 Å². The van der Waals surface area contributed by atoms with Crippen LogP contribution in [-0.4, -0.2) is 38.0 Å². The third kappa shape index (κ3) is 3.50. The first-order chi connectivity index (χ1) is 12.3. The van der Waals surface area contributed by atoms with E-state index in [1.54, 1.807) is 25.3 Å². The second-order valence-corrected chi connectivity index (χ2v) is 7.69. The summed E-state index contributed by atoms with van der Waals surface area (Å²) in [6.07, 6.45) is 4.72. The summed E-state index contributed by atoms with van der Waals surface area (Å²) in [5, 5.41) is 3.89. The summed E-state index contributed by atoms with van der Waals surface area (Å²) in [6, 6.07) is 1.67. The lowest BCUT2D eigenvalue weighted by molar-refractivity contribution is 0.105. The molecule has 2 unspecified atom stereocenters. The van der Waals surface area contributed by atoms with Crippen LogP contribution in [-0.2, 0) is 10.0 Å². The van der Waals surface area contributed by atoms with Crippen LogP contribution in [0, 0.1) is 17.6 Å².